The fraction of sp³-hybridized carbons (Fsp3) is 0.677. The standard InChI is InChI=1S/C31H45IN2O7/c1-40-27-16-21(19-36)15-24(32)30(27)41-26-18-22(31(39)33-13-14-35)17-25(29(26)38)34(23-9-3-2-4-10-23)28(37)12-11-20-7-5-6-8-20/h15-16,18,20,23,25-26,29,35-36,38H,2-14,17,19H2,1H3,(H,33,39). The Hall–Kier alpha value is -1.89. The highest BCUT2D eigenvalue weighted by atomic mass is 127. The number of nitrogens with zero attached hydrogens (tertiary/aromatic N) is 1. The van der Waals surface area contributed by atoms with E-state index in [0.29, 0.717) is 38.5 Å². The van der Waals surface area contributed by atoms with Crippen LogP contribution in [0.15, 0.2) is 23.8 Å². The Morgan fingerprint density at radius 1 is 1.07 bits per heavy atom. The van der Waals surface area contributed by atoms with Crippen LogP contribution in [0.25, 0.3) is 0 Å². The zero-order valence-corrected chi connectivity index (χ0v) is 26.2. The highest BCUT2D eigenvalue weighted by Crippen LogP contribution is 2.38. The number of aliphatic hydroxyl groups excluding tert-OH is 3. The molecule has 3 aliphatic carbocycles. The summed E-state index contributed by atoms with van der Waals surface area (Å²) in [6.45, 7) is -0.240. The fourth-order valence-corrected chi connectivity index (χ4v) is 7.43. The van der Waals surface area contributed by atoms with Crippen LogP contribution in [0.4, 0.5) is 0 Å². The molecule has 41 heavy (non-hydrogen) atoms. The molecule has 3 unspecified atom stereocenters. The molecule has 3 atom stereocenters. The van der Waals surface area contributed by atoms with Gasteiger partial charge in [0.1, 0.15) is 12.2 Å². The van der Waals surface area contributed by atoms with E-state index in [1.165, 1.54) is 32.8 Å². The smallest absolute Gasteiger partial charge is 0.247 e. The topological polar surface area (TPSA) is 129 Å². The third-order valence-electron chi connectivity index (χ3n) is 8.79. The quantitative estimate of drug-likeness (QED) is 0.247. The van der Waals surface area contributed by atoms with Crippen molar-refractivity contribution in [3.63, 3.8) is 0 Å². The number of ether oxygens (including phenoxy) is 2. The largest absolute Gasteiger partial charge is 0.493 e. The molecule has 0 heterocycles. The highest BCUT2D eigenvalue weighted by Gasteiger charge is 2.43. The molecule has 2 fully saturated rings. The van der Waals surface area contributed by atoms with Crippen molar-refractivity contribution in [1.29, 1.82) is 0 Å². The van der Waals surface area contributed by atoms with Gasteiger partial charge in [0.2, 0.25) is 11.8 Å². The van der Waals surface area contributed by atoms with Gasteiger partial charge in [-0.05, 0) is 71.5 Å². The molecule has 1 aromatic rings. The summed E-state index contributed by atoms with van der Waals surface area (Å²) in [5, 5.41) is 33.5. The van der Waals surface area contributed by atoms with Gasteiger partial charge in [0, 0.05) is 31.0 Å². The summed E-state index contributed by atoms with van der Waals surface area (Å²) in [4.78, 5) is 29.0. The van der Waals surface area contributed by atoms with Crippen LogP contribution in [0.2, 0.25) is 0 Å². The lowest BCUT2D eigenvalue weighted by Crippen LogP contribution is -2.58. The van der Waals surface area contributed by atoms with E-state index >= 15 is 0 Å². The minimum atomic E-state index is -1.07. The molecule has 0 bridgehead atoms. The van der Waals surface area contributed by atoms with Crippen LogP contribution < -0.4 is 14.8 Å². The molecular formula is C31H45IN2O7. The van der Waals surface area contributed by atoms with Crippen molar-refractivity contribution >= 4 is 34.4 Å². The van der Waals surface area contributed by atoms with E-state index in [4.69, 9.17) is 9.47 Å². The van der Waals surface area contributed by atoms with Crippen LogP contribution in [-0.2, 0) is 16.2 Å². The van der Waals surface area contributed by atoms with Gasteiger partial charge in [0.05, 0.1) is 29.9 Å². The van der Waals surface area contributed by atoms with Crippen molar-refractivity contribution in [2.45, 2.75) is 108 Å². The maximum atomic E-state index is 14.0. The molecule has 2 amide bonds. The average Bonchev–Trinajstić information content (AvgIpc) is 3.51. The molecule has 4 N–H and O–H groups in total. The Morgan fingerprint density at radius 2 is 1.78 bits per heavy atom. The molecule has 228 valence electrons. The van der Waals surface area contributed by atoms with E-state index in [0.717, 1.165) is 38.5 Å². The Bertz CT molecular complexity index is 1070. The molecule has 4 rings (SSSR count). The lowest BCUT2D eigenvalue weighted by atomic mass is 9.84. The maximum absolute atomic E-state index is 14.0. The Morgan fingerprint density at radius 3 is 2.44 bits per heavy atom. The van der Waals surface area contributed by atoms with Gasteiger partial charge in [-0.25, -0.2) is 0 Å². The van der Waals surface area contributed by atoms with Gasteiger partial charge >= 0.3 is 0 Å². The number of aliphatic hydroxyl groups is 3. The normalized spacial score (nSPS) is 23.6. The van der Waals surface area contributed by atoms with Crippen molar-refractivity contribution < 1.29 is 34.4 Å². The number of amides is 2. The van der Waals surface area contributed by atoms with Crippen molar-refractivity contribution in [2.75, 3.05) is 20.3 Å². The van der Waals surface area contributed by atoms with Crippen LogP contribution in [-0.4, -0.2) is 76.6 Å². The monoisotopic (exact) mass is 684 g/mol. The highest BCUT2D eigenvalue weighted by molar-refractivity contribution is 14.1. The minimum Gasteiger partial charge on any atom is -0.493 e. The maximum Gasteiger partial charge on any atom is 0.247 e. The number of carbonyl (C=O) groups excluding carboxylic acids is 2. The molecule has 1 aromatic carbocycles. The summed E-state index contributed by atoms with van der Waals surface area (Å²) in [7, 11) is 1.51. The first-order valence-electron chi connectivity index (χ1n) is 15.1. The van der Waals surface area contributed by atoms with Crippen molar-refractivity contribution in [1.82, 2.24) is 10.2 Å². The van der Waals surface area contributed by atoms with Gasteiger partial charge in [-0.1, -0.05) is 44.9 Å². The van der Waals surface area contributed by atoms with Crippen LogP contribution in [0.1, 0.15) is 82.6 Å². The Kier molecular flexibility index (Phi) is 12.1. The fourth-order valence-electron chi connectivity index (χ4n) is 6.64. The predicted molar refractivity (Wildman–Crippen MR) is 164 cm³/mol. The van der Waals surface area contributed by atoms with E-state index in [-0.39, 0.29) is 44.0 Å². The molecule has 0 aliphatic heterocycles. The summed E-state index contributed by atoms with van der Waals surface area (Å²) in [6, 6.07) is 2.85. The first-order chi connectivity index (χ1) is 19.9. The number of hydrogen-bond acceptors (Lipinski definition) is 7. The number of halogens is 1. The lowest BCUT2D eigenvalue weighted by Gasteiger charge is -2.45. The Balaban J connectivity index is 1.66. The number of nitrogens with one attached hydrogen (secondary N) is 1. The second-order valence-electron chi connectivity index (χ2n) is 11.6. The van der Waals surface area contributed by atoms with E-state index in [2.05, 4.69) is 27.9 Å². The van der Waals surface area contributed by atoms with E-state index in [9.17, 15) is 24.9 Å². The predicted octanol–water partition coefficient (Wildman–Crippen LogP) is 3.84. The molecule has 10 heteroatoms. The van der Waals surface area contributed by atoms with Crippen molar-refractivity contribution in [3.05, 3.63) is 32.9 Å². The summed E-state index contributed by atoms with van der Waals surface area (Å²) < 4.78 is 12.6. The zero-order chi connectivity index (χ0) is 29.4. The second-order valence-corrected chi connectivity index (χ2v) is 12.7. The van der Waals surface area contributed by atoms with Gasteiger partial charge in [-0.2, -0.15) is 0 Å². The van der Waals surface area contributed by atoms with Gasteiger partial charge in [-0.3, -0.25) is 9.59 Å². The van der Waals surface area contributed by atoms with Crippen LogP contribution in [0.5, 0.6) is 11.5 Å². The molecule has 0 radical (unpaired) electrons. The Labute approximate surface area is 256 Å². The molecule has 0 aromatic heterocycles. The molecular weight excluding hydrogens is 639 g/mol. The molecule has 0 spiro atoms. The average molecular weight is 685 g/mol. The third kappa shape index (κ3) is 8.14. The molecule has 0 saturated heterocycles. The summed E-state index contributed by atoms with van der Waals surface area (Å²) >= 11 is 2.10. The van der Waals surface area contributed by atoms with E-state index in [1.807, 2.05) is 4.90 Å². The van der Waals surface area contributed by atoms with Crippen LogP contribution in [0.3, 0.4) is 0 Å². The molecule has 2 saturated carbocycles. The van der Waals surface area contributed by atoms with Gasteiger partial charge in [-0.15, -0.1) is 0 Å². The van der Waals surface area contributed by atoms with E-state index in [1.54, 1.807) is 18.2 Å². The van der Waals surface area contributed by atoms with Crippen molar-refractivity contribution in [2.24, 2.45) is 5.92 Å². The second kappa shape index (κ2) is 15.5. The zero-order valence-electron chi connectivity index (χ0n) is 24.0. The first kappa shape index (κ1) is 32.0. The number of methoxy groups -OCH3 is 1. The van der Waals surface area contributed by atoms with Crippen LogP contribution in [0, 0.1) is 9.49 Å². The minimum absolute atomic E-state index is 0.0125. The van der Waals surface area contributed by atoms with Gasteiger partial charge in [0.25, 0.3) is 0 Å². The number of benzene rings is 1. The van der Waals surface area contributed by atoms with Gasteiger partial charge < -0.3 is 35.0 Å². The third-order valence-corrected chi connectivity index (χ3v) is 9.60. The molecule has 9 nitrogen and oxygen atoms in total. The number of hydrogen-bond donors (Lipinski definition) is 4. The van der Waals surface area contributed by atoms with Crippen LogP contribution >= 0.6 is 22.6 Å². The number of carbonyl (C=O) groups is 2. The van der Waals surface area contributed by atoms with Gasteiger partial charge in [0.15, 0.2) is 11.5 Å². The number of rotatable bonds is 12. The lowest BCUT2D eigenvalue weighted by molar-refractivity contribution is -0.143. The van der Waals surface area contributed by atoms with E-state index < -0.39 is 18.2 Å². The summed E-state index contributed by atoms with van der Waals surface area (Å²) in [6.07, 6.45) is 10.9. The summed E-state index contributed by atoms with van der Waals surface area (Å²) in [5.74, 6) is 1.09. The molecule has 3 aliphatic rings. The SMILES string of the molecule is COc1cc(CO)cc(I)c1OC1C=C(C(=O)NCCO)CC(N(C(=O)CCC2CCCC2)C2CCCCC2)C1O. The summed E-state index contributed by atoms with van der Waals surface area (Å²) in [5.41, 5.74) is 1.08. The van der Waals surface area contributed by atoms with Crippen molar-refractivity contribution in [3.8, 4) is 11.5 Å². The first-order valence-corrected chi connectivity index (χ1v) is 16.2.